The molecule has 0 radical (unpaired) electrons. The molecule has 0 heterocycles. The molecule has 0 unspecified atom stereocenters. The number of halogens is 1. The fraction of sp³-hybridized carbons (Fsp3) is 0.250. The van der Waals surface area contributed by atoms with Crippen molar-refractivity contribution in [3.8, 4) is 17.2 Å². The molecular formula is C16H17ClO3. The van der Waals surface area contributed by atoms with Gasteiger partial charge in [0, 0.05) is 0 Å². The summed E-state index contributed by atoms with van der Waals surface area (Å²) in [5.74, 6) is 2.04. The van der Waals surface area contributed by atoms with Crippen LogP contribution in [0.4, 0.5) is 0 Å². The summed E-state index contributed by atoms with van der Waals surface area (Å²) in [4.78, 5) is 0. The van der Waals surface area contributed by atoms with Crippen molar-refractivity contribution < 1.29 is 14.6 Å². The van der Waals surface area contributed by atoms with Crippen molar-refractivity contribution in [3.05, 3.63) is 53.1 Å². The molecule has 0 saturated heterocycles. The van der Waals surface area contributed by atoms with Crippen molar-refractivity contribution in [2.75, 3.05) is 6.61 Å². The Labute approximate surface area is 123 Å². The van der Waals surface area contributed by atoms with E-state index in [1.54, 1.807) is 25.1 Å². The summed E-state index contributed by atoms with van der Waals surface area (Å²) in [6.07, 6.45) is -0.549. The first-order valence-electron chi connectivity index (χ1n) is 6.48. The molecule has 0 bridgehead atoms. The van der Waals surface area contributed by atoms with Crippen LogP contribution in [-0.2, 0) is 0 Å². The minimum Gasteiger partial charge on any atom is -0.494 e. The van der Waals surface area contributed by atoms with Gasteiger partial charge in [0.2, 0.25) is 0 Å². The average Bonchev–Trinajstić information content (AvgIpc) is 2.43. The fourth-order valence-electron chi connectivity index (χ4n) is 1.76. The molecule has 20 heavy (non-hydrogen) atoms. The van der Waals surface area contributed by atoms with Crippen LogP contribution in [-0.4, -0.2) is 11.7 Å². The van der Waals surface area contributed by atoms with Gasteiger partial charge in [0.05, 0.1) is 17.7 Å². The summed E-state index contributed by atoms with van der Waals surface area (Å²) in [6, 6.07) is 12.6. The maximum atomic E-state index is 9.50. The minimum atomic E-state index is -0.549. The third kappa shape index (κ3) is 3.65. The lowest BCUT2D eigenvalue weighted by Gasteiger charge is -2.11. The second-order valence-corrected chi connectivity index (χ2v) is 4.78. The molecule has 0 fully saturated rings. The number of ether oxygens (including phenoxy) is 2. The minimum absolute atomic E-state index is 0.470. The van der Waals surface area contributed by atoms with Crippen LogP contribution in [0.15, 0.2) is 42.5 Å². The molecule has 106 valence electrons. The lowest BCUT2D eigenvalue weighted by atomic mass is 10.1. The Bertz CT molecular complexity index is 564. The number of hydrogen-bond donors (Lipinski definition) is 1. The summed E-state index contributed by atoms with van der Waals surface area (Å²) in [5.41, 5.74) is 0.758. The van der Waals surface area contributed by atoms with Crippen molar-refractivity contribution >= 4 is 11.6 Å². The molecule has 2 aromatic rings. The van der Waals surface area contributed by atoms with Crippen molar-refractivity contribution in [1.29, 1.82) is 0 Å². The Balaban J connectivity index is 2.13. The molecule has 1 atom stereocenters. The third-order valence-corrected chi connectivity index (χ3v) is 3.10. The maximum absolute atomic E-state index is 9.50. The Morgan fingerprint density at radius 1 is 1.10 bits per heavy atom. The van der Waals surface area contributed by atoms with E-state index in [0.717, 1.165) is 11.3 Å². The van der Waals surface area contributed by atoms with Crippen LogP contribution in [0.2, 0.25) is 5.02 Å². The topological polar surface area (TPSA) is 38.7 Å². The predicted molar refractivity (Wildman–Crippen MR) is 79.8 cm³/mol. The van der Waals surface area contributed by atoms with Gasteiger partial charge < -0.3 is 14.6 Å². The molecule has 4 heteroatoms. The normalized spacial score (nSPS) is 12.0. The molecule has 1 N–H and O–H groups in total. The van der Waals surface area contributed by atoms with Crippen molar-refractivity contribution in [2.24, 2.45) is 0 Å². The van der Waals surface area contributed by atoms with Gasteiger partial charge in [0.25, 0.3) is 0 Å². The van der Waals surface area contributed by atoms with E-state index in [9.17, 15) is 5.11 Å². The smallest absolute Gasteiger partial charge is 0.146 e. The van der Waals surface area contributed by atoms with Crippen LogP contribution in [0.5, 0.6) is 17.2 Å². The van der Waals surface area contributed by atoms with Gasteiger partial charge >= 0.3 is 0 Å². The summed E-state index contributed by atoms with van der Waals surface area (Å²) in [5, 5.41) is 9.97. The van der Waals surface area contributed by atoms with E-state index in [0.29, 0.717) is 23.1 Å². The summed E-state index contributed by atoms with van der Waals surface area (Å²) in [7, 11) is 0. The Kier molecular flexibility index (Phi) is 4.88. The first-order valence-corrected chi connectivity index (χ1v) is 6.86. The fourth-order valence-corrected chi connectivity index (χ4v) is 1.98. The van der Waals surface area contributed by atoms with Gasteiger partial charge in [-0.3, -0.25) is 0 Å². The van der Waals surface area contributed by atoms with Crippen molar-refractivity contribution in [2.45, 2.75) is 20.0 Å². The lowest BCUT2D eigenvalue weighted by molar-refractivity contribution is 0.199. The monoisotopic (exact) mass is 292 g/mol. The molecule has 0 aromatic heterocycles. The second-order valence-electron chi connectivity index (χ2n) is 4.37. The molecular weight excluding hydrogens is 276 g/mol. The molecule has 0 aliphatic carbocycles. The molecule has 0 saturated carbocycles. The molecule has 2 aromatic carbocycles. The molecule has 0 aliphatic rings. The van der Waals surface area contributed by atoms with Crippen LogP contribution in [0.3, 0.4) is 0 Å². The highest BCUT2D eigenvalue weighted by Gasteiger charge is 2.07. The zero-order chi connectivity index (χ0) is 14.5. The number of rotatable bonds is 5. The third-order valence-electron chi connectivity index (χ3n) is 2.80. The van der Waals surface area contributed by atoms with E-state index in [2.05, 4.69) is 0 Å². The van der Waals surface area contributed by atoms with Crippen molar-refractivity contribution in [3.63, 3.8) is 0 Å². The largest absolute Gasteiger partial charge is 0.494 e. The number of benzene rings is 2. The Morgan fingerprint density at radius 3 is 2.30 bits per heavy atom. The van der Waals surface area contributed by atoms with E-state index >= 15 is 0 Å². The highest BCUT2D eigenvalue weighted by molar-refractivity contribution is 6.32. The summed E-state index contributed by atoms with van der Waals surface area (Å²) >= 11 is 6.14. The zero-order valence-corrected chi connectivity index (χ0v) is 12.2. The standard InChI is InChI=1S/C16H17ClO3/c1-3-19-13-5-7-14(8-6-13)20-16-9-4-12(11(2)18)10-15(16)17/h4-11,18H,3H2,1-2H3/t11-/m1/s1. The van der Waals surface area contributed by atoms with Gasteiger partial charge in [-0.25, -0.2) is 0 Å². The van der Waals surface area contributed by atoms with Gasteiger partial charge in [-0.1, -0.05) is 17.7 Å². The predicted octanol–water partition coefficient (Wildman–Crippen LogP) is 4.58. The van der Waals surface area contributed by atoms with E-state index in [1.165, 1.54) is 0 Å². The van der Waals surface area contributed by atoms with E-state index in [1.807, 2.05) is 31.2 Å². The highest BCUT2D eigenvalue weighted by Crippen LogP contribution is 2.32. The molecule has 0 amide bonds. The lowest BCUT2D eigenvalue weighted by Crippen LogP contribution is -1.93. The van der Waals surface area contributed by atoms with E-state index < -0.39 is 6.10 Å². The SMILES string of the molecule is CCOc1ccc(Oc2ccc([C@@H](C)O)cc2Cl)cc1. The first-order chi connectivity index (χ1) is 9.60. The molecule has 3 nitrogen and oxygen atoms in total. The maximum Gasteiger partial charge on any atom is 0.146 e. The quantitative estimate of drug-likeness (QED) is 0.876. The Morgan fingerprint density at radius 2 is 1.75 bits per heavy atom. The average molecular weight is 293 g/mol. The van der Waals surface area contributed by atoms with Gasteiger partial charge in [-0.15, -0.1) is 0 Å². The molecule has 0 spiro atoms. The highest BCUT2D eigenvalue weighted by atomic mass is 35.5. The zero-order valence-electron chi connectivity index (χ0n) is 11.5. The van der Waals surface area contributed by atoms with Crippen LogP contribution < -0.4 is 9.47 Å². The number of hydrogen-bond acceptors (Lipinski definition) is 3. The Hall–Kier alpha value is -1.71. The van der Waals surface area contributed by atoms with E-state index in [-0.39, 0.29) is 0 Å². The second kappa shape index (κ2) is 6.64. The van der Waals surface area contributed by atoms with Gasteiger partial charge in [-0.2, -0.15) is 0 Å². The van der Waals surface area contributed by atoms with Crippen molar-refractivity contribution in [1.82, 2.24) is 0 Å². The first kappa shape index (κ1) is 14.7. The summed E-state index contributed by atoms with van der Waals surface area (Å²) < 4.78 is 11.1. The number of aliphatic hydroxyl groups is 1. The van der Waals surface area contributed by atoms with Gasteiger partial charge in [0.15, 0.2) is 0 Å². The van der Waals surface area contributed by atoms with E-state index in [4.69, 9.17) is 21.1 Å². The van der Waals surface area contributed by atoms with Gasteiger partial charge in [-0.05, 0) is 55.8 Å². The van der Waals surface area contributed by atoms with Crippen LogP contribution >= 0.6 is 11.6 Å². The van der Waals surface area contributed by atoms with Crippen LogP contribution in [0, 0.1) is 0 Å². The molecule has 2 rings (SSSR count). The van der Waals surface area contributed by atoms with Gasteiger partial charge in [0.1, 0.15) is 17.2 Å². The summed E-state index contributed by atoms with van der Waals surface area (Å²) in [6.45, 7) is 4.26. The number of aliphatic hydroxyl groups excluding tert-OH is 1. The van der Waals surface area contributed by atoms with Crippen LogP contribution in [0.1, 0.15) is 25.5 Å². The van der Waals surface area contributed by atoms with Crippen LogP contribution in [0.25, 0.3) is 0 Å². The molecule has 0 aliphatic heterocycles.